The number of aryl methyl sites for hydroxylation is 2. The summed E-state index contributed by atoms with van der Waals surface area (Å²) < 4.78 is 1.54. The Labute approximate surface area is 487 Å². The van der Waals surface area contributed by atoms with Gasteiger partial charge >= 0.3 is 76.3 Å². The van der Waals surface area contributed by atoms with Crippen LogP contribution in [0.5, 0.6) is 0 Å². The number of aromatic nitrogens is 2. The molecule has 390 valence electrons. The predicted molar refractivity (Wildman–Crippen MR) is 255 cm³/mol. The van der Waals surface area contributed by atoms with Crippen molar-refractivity contribution in [3.05, 3.63) is 286 Å². The van der Waals surface area contributed by atoms with Gasteiger partial charge in [-0.1, -0.05) is 182 Å². The van der Waals surface area contributed by atoms with Gasteiger partial charge in [-0.2, -0.15) is 9.46 Å². The van der Waals surface area contributed by atoms with Crippen molar-refractivity contribution < 1.29 is 156 Å². The van der Waals surface area contributed by atoms with Crippen LogP contribution in [-0.4, -0.2) is 35.8 Å². The fourth-order valence-electron chi connectivity index (χ4n) is 4.42. The molecule has 74 heavy (non-hydrogen) atoms. The maximum Gasteiger partial charge on any atom is 3.00 e. The van der Waals surface area contributed by atoms with Crippen LogP contribution in [0.3, 0.4) is 0 Å². The number of nitrogens with zero attached hydrogens (tertiary/aromatic N) is 2. The molecule has 8 aromatic rings. The SMILES string of the molecule is Cc1cc[n+]([O-])cc1.Cc1cc[n+]([O-])cc1.O=C([O-])c1ccccc1.O=C([O-])c1ccccc1.O=C([O-])c1ccccc1.O=C([O-])c1ccccc1.O=C([O-])c1ccccc1.O=C([O-])c1ccccc1.[Dy+3].[Dy+3].[OH3+].[OH3+]. The number of carbonyl (C=O) groups is 6. The molecule has 18 nitrogen and oxygen atoms in total. The molecule has 0 saturated carbocycles. The molecular weight excluding hydrogens is 1260 g/mol. The fraction of sp³-hybridized carbons (Fsp3) is 0.0370. The van der Waals surface area contributed by atoms with E-state index in [1.54, 1.807) is 133 Å². The summed E-state index contributed by atoms with van der Waals surface area (Å²) in [5.74, 6) is -6.77. The Balaban J connectivity index is -0.000000376. The van der Waals surface area contributed by atoms with Crippen molar-refractivity contribution in [1.82, 2.24) is 0 Å². The Morgan fingerprint density at radius 3 is 0.473 bits per heavy atom. The summed E-state index contributed by atoms with van der Waals surface area (Å²) in [5.41, 5.74) is 3.54. The number of rotatable bonds is 6. The molecule has 0 aliphatic carbocycles. The second-order valence-corrected chi connectivity index (χ2v) is 13.4. The summed E-state index contributed by atoms with van der Waals surface area (Å²) in [7, 11) is 0. The number of carbonyl (C=O) groups excluding carboxylic acids is 6. The molecule has 0 bridgehead atoms. The van der Waals surface area contributed by atoms with Gasteiger partial charge in [0.05, 0.1) is 35.8 Å². The number of carboxylic acid groups (broad SMARTS) is 6. The van der Waals surface area contributed by atoms with E-state index in [0.717, 1.165) is 20.6 Å². The molecule has 0 fully saturated rings. The van der Waals surface area contributed by atoms with Gasteiger partial charge in [-0.25, -0.2) is 0 Å². The minimum Gasteiger partial charge on any atom is -0.619 e. The summed E-state index contributed by atoms with van der Waals surface area (Å²) in [6, 6.07) is 55.5. The minimum absolute atomic E-state index is 0. The third-order valence-corrected chi connectivity index (χ3v) is 7.99. The van der Waals surface area contributed by atoms with Gasteiger partial charge in [0.2, 0.25) is 0 Å². The topological polar surface area (TPSA) is 361 Å². The smallest absolute Gasteiger partial charge is 0.619 e. The average molecular weight is 1310 g/mol. The average Bonchev–Trinajstić information content (AvgIpc) is 3.38. The Morgan fingerprint density at radius 2 is 0.392 bits per heavy atom. The first-order chi connectivity index (χ1) is 33.4. The van der Waals surface area contributed by atoms with Crippen molar-refractivity contribution >= 4 is 35.8 Å². The molecule has 0 amide bonds. The molecule has 8 rings (SSSR count). The van der Waals surface area contributed by atoms with Crippen molar-refractivity contribution in [2.45, 2.75) is 13.8 Å². The van der Waals surface area contributed by atoms with E-state index in [1.165, 1.54) is 97.6 Å². The number of hydrogen-bond acceptors (Lipinski definition) is 14. The molecule has 0 spiro atoms. The molecule has 2 aromatic heterocycles. The Morgan fingerprint density at radius 1 is 0.270 bits per heavy atom. The molecular formula is C54H50Dy2N2O16+2. The zero-order valence-electron chi connectivity index (χ0n) is 39.3. The van der Waals surface area contributed by atoms with Crippen LogP contribution in [0.1, 0.15) is 73.3 Å². The van der Waals surface area contributed by atoms with Crippen molar-refractivity contribution in [1.29, 1.82) is 0 Å². The van der Waals surface area contributed by atoms with Crippen LogP contribution in [0, 0.1) is 101 Å². The number of benzene rings is 6. The summed E-state index contributed by atoms with van der Waals surface area (Å²) >= 11 is 0. The van der Waals surface area contributed by atoms with Gasteiger partial charge in [-0.3, -0.25) is 0 Å². The molecule has 0 unspecified atom stereocenters. The van der Waals surface area contributed by atoms with Gasteiger partial charge in [0.15, 0.2) is 24.8 Å². The van der Waals surface area contributed by atoms with Crippen LogP contribution >= 0.6 is 0 Å². The Kier molecular flexibility index (Phi) is 43.7. The first-order valence-corrected chi connectivity index (χ1v) is 20.3. The minimum atomic E-state index is -1.13. The first-order valence-electron chi connectivity index (χ1n) is 20.3. The van der Waals surface area contributed by atoms with Crippen LogP contribution in [0.4, 0.5) is 0 Å². The van der Waals surface area contributed by atoms with Gasteiger partial charge in [0, 0.05) is 24.3 Å². The monoisotopic (exact) mass is 1310 g/mol. The van der Waals surface area contributed by atoms with Crippen LogP contribution in [0.25, 0.3) is 0 Å². The predicted octanol–water partition coefficient (Wildman–Crippen LogP) is -0.286. The number of pyridine rings is 2. The van der Waals surface area contributed by atoms with Crippen molar-refractivity contribution in [3.63, 3.8) is 0 Å². The normalized spacial score (nSPS) is 8.46. The summed E-state index contributed by atoms with van der Waals surface area (Å²) in [5, 5.41) is 81.2. The zero-order valence-corrected chi connectivity index (χ0v) is 43.4. The second kappa shape index (κ2) is 44.2. The molecule has 0 aliphatic rings. The molecule has 0 atom stereocenters. The van der Waals surface area contributed by atoms with Gasteiger partial charge in [0.25, 0.3) is 0 Å². The molecule has 0 saturated heterocycles. The van der Waals surface area contributed by atoms with Crippen LogP contribution in [0.2, 0.25) is 0 Å². The van der Waals surface area contributed by atoms with E-state index in [2.05, 4.69) is 0 Å². The van der Waals surface area contributed by atoms with Gasteiger partial charge in [-0.05, 0) is 58.4 Å². The van der Waals surface area contributed by atoms with E-state index < -0.39 is 35.8 Å². The quantitative estimate of drug-likeness (QED) is 0.117. The first kappa shape index (κ1) is 73.0. The van der Waals surface area contributed by atoms with Crippen LogP contribution < -0.4 is 40.1 Å². The van der Waals surface area contributed by atoms with E-state index in [-0.39, 0.29) is 121 Å². The van der Waals surface area contributed by atoms with Crippen LogP contribution in [0.15, 0.2) is 231 Å². The maximum absolute atomic E-state index is 10.3. The number of hydrogen-bond donors (Lipinski definition) is 0. The second-order valence-electron chi connectivity index (χ2n) is 13.4. The van der Waals surface area contributed by atoms with Gasteiger partial charge in [0.1, 0.15) is 0 Å². The standard InChI is InChI=1S/6C7H6O2.2C6H7NO.2Dy.2H2O/c6*8-7(9)6-4-2-1-3-5-6;2*1-6-2-4-7(8)5-3-6;;;;/h6*1-5H,(H,8,9);2*2-5H,1H3;;;2*1H2/q;;;;;;;;2*+3;;/p-4. The third kappa shape index (κ3) is 36.4. The van der Waals surface area contributed by atoms with Gasteiger partial charge < -0.3 is 80.8 Å². The fourth-order valence-corrected chi connectivity index (χ4v) is 4.42. The largest absolute Gasteiger partial charge is 3.00 e. The van der Waals surface area contributed by atoms with E-state index in [4.69, 9.17) is 0 Å². The van der Waals surface area contributed by atoms with E-state index in [0.29, 0.717) is 0 Å². The van der Waals surface area contributed by atoms with E-state index in [1.807, 2.05) is 13.8 Å². The molecule has 6 N–H and O–H groups in total. The van der Waals surface area contributed by atoms with Crippen molar-refractivity contribution in [3.8, 4) is 0 Å². The van der Waals surface area contributed by atoms with Crippen LogP contribution in [-0.2, 0) is 11.0 Å². The van der Waals surface area contributed by atoms with E-state index >= 15 is 0 Å². The van der Waals surface area contributed by atoms with Crippen molar-refractivity contribution in [2.24, 2.45) is 0 Å². The van der Waals surface area contributed by atoms with E-state index in [9.17, 15) is 69.8 Å². The molecule has 20 heteroatoms. The van der Waals surface area contributed by atoms with Gasteiger partial charge in [-0.15, -0.1) is 0 Å². The zero-order chi connectivity index (χ0) is 52.1. The third-order valence-electron chi connectivity index (χ3n) is 7.99. The van der Waals surface area contributed by atoms with Crippen molar-refractivity contribution in [2.75, 3.05) is 0 Å². The number of carboxylic acids is 6. The number of aromatic carboxylic acids is 6. The summed E-state index contributed by atoms with van der Waals surface area (Å²) in [4.78, 5) is 60.5. The maximum atomic E-state index is 10.3. The Hall–Kier alpha value is -7.49. The molecule has 2 heterocycles. The molecule has 6 aromatic carbocycles. The molecule has 0 aliphatic heterocycles. The summed E-state index contributed by atoms with van der Waals surface area (Å²) in [6.45, 7) is 3.89. The molecule has 2 radical (unpaired) electrons. The Bertz CT molecular complexity index is 2260. The summed E-state index contributed by atoms with van der Waals surface area (Å²) in [6.07, 6.45) is 5.93.